The summed E-state index contributed by atoms with van der Waals surface area (Å²) in [5, 5.41) is 2.78. The van der Waals surface area contributed by atoms with E-state index in [0.717, 1.165) is 4.90 Å². The second-order valence-corrected chi connectivity index (χ2v) is 7.20. The SMILES string of the molecule is CCOc1c(Cl)cc(/C=C2\C(=O)NC(=O)N(c3cc(Cl)ccc3C)C2=O)cc1OC. The number of imide groups is 2. The molecule has 0 aliphatic carbocycles. The zero-order valence-electron chi connectivity index (χ0n) is 16.4. The van der Waals surface area contributed by atoms with Crippen LogP contribution in [0.5, 0.6) is 11.5 Å². The van der Waals surface area contributed by atoms with Crippen molar-refractivity contribution in [2.45, 2.75) is 13.8 Å². The van der Waals surface area contributed by atoms with Gasteiger partial charge in [-0.2, -0.15) is 0 Å². The molecule has 0 radical (unpaired) electrons. The number of carbonyl (C=O) groups is 3. The minimum atomic E-state index is -0.852. The van der Waals surface area contributed by atoms with Crippen LogP contribution in [0.4, 0.5) is 10.5 Å². The van der Waals surface area contributed by atoms with Crippen molar-refractivity contribution >= 4 is 52.8 Å². The average molecular weight is 449 g/mol. The third-order valence-electron chi connectivity index (χ3n) is 4.37. The zero-order valence-corrected chi connectivity index (χ0v) is 17.9. The molecule has 0 spiro atoms. The fraction of sp³-hybridized carbons (Fsp3) is 0.190. The highest BCUT2D eigenvalue weighted by atomic mass is 35.5. The lowest BCUT2D eigenvalue weighted by molar-refractivity contribution is -0.122. The minimum Gasteiger partial charge on any atom is -0.493 e. The minimum absolute atomic E-state index is 0.240. The molecule has 0 bridgehead atoms. The quantitative estimate of drug-likeness (QED) is 0.541. The number of nitrogens with one attached hydrogen (secondary N) is 1. The molecule has 0 aromatic heterocycles. The maximum Gasteiger partial charge on any atom is 0.335 e. The number of hydrogen-bond acceptors (Lipinski definition) is 5. The molecular formula is C21H18Cl2N2O5. The normalized spacial score (nSPS) is 15.4. The fourth-order valence-electron chi connectivity index (χ4n) is 2.97. The molecule has 1 N–H and O–H groups in total. The summed E-state index contributed by atoms with van der Waals surface area (Å²) in [6.07, 6.45) is 1.33. The van der Waals surface area contributed by atoms with Crippen LogP contribution in [0.15, 0.2) is 35.9 Å². The van der Waals surface area contributed by atoms with Crippen molar-refractivity contribution in [2.24, 2.45) is 0 Å². The summed E-state index contributed by atoms with van der Waals surface area (Å²) in [6, 6.07) is 7.07. The number of barbiturate groups is 1. The van der Waals surface area contributed by atoms with E-state index in [1.165, 1.54) is 25.3 Å². The van der Waals surface area contributed by atoms with Gasteiger partial charge in [-0.3, -0.25) is 14.9 Å². The van der Waals surface area contributed by atoms with Crippen LogP contribution in [0, 0.1) is 6.92 Å². The lowest BCUT2D eigenvalue weighted by atomic mass is 10.1. The van der Waals surface area contributed by atoms with Gasteiger partial charge in [0.05, 0.1) is 24.4 Å². The van der Waals surface area contributed by atoms with Crippen LogP contribution in [0.25, 0.3) is 6.08 Å². The van der Waals surface area contributed by atoms with Gasteiger partial charge in [-0.1, -0.05) is 29.3 Å². The summed E-state index contributed by atoms with van der Waals surface area (Å²) in [7, 11) is 1.45. The van der Waals surface area contributed by atoms with E-state index in [9.17, 15) is 14.4 Å². The predicted molar refractivity (Wildman–Crippen MR) is 114 cm³/mol. The number of ether oxygens (including phenoxy) is 2. The van der Waals surface area contributed by atoms with Gasteiger partial charge in [-0.25, -0.2) is 9.69 Å². The monoisotopic (exact) mass is 448 g/mol. The van der Waals surface area contributed by atoms with E-state index in [-0.39, 0.29) is 16.3 Å². The standard InChI is InChI=1S/C21H18Cl2N2O5/c1-4-30-18-15(23)8-12(9-17(18)29-3)7-14-19(26)24-21(28)25(20(14)27)16-10-13(22)6-5-11(16)2/h5-10H,4H2,1-3H3,(H,24,26,28)/b14-7+. The first-order valence-corrected chi connectivity index (χ1v) is 9.70. The summed E-state index contributed by atoms with van der Waals surface area (Å²) in [5.74, 6) is -0.893. The number of benzene rings is 2. The Morgan fingerprint density at radius 3 is 2.53 bits per heavy atom. The lowest BCUT2D eigenvalue weighted by Crippen LogP contribution is -2.54. The van der Waals surface area contributed by atoms with Crippen LogP contribution in [-0.4, -0.2) is 31.6 Å². The highest BCUT2D eigenvalue weighted by Crippen LogP contribution is 2.37. The van der Waals surface area contributed by atoms with Crippen molar-refractivity contribution in [3.63, 3.8) is 0 Å². The number of aryl methyl sites for hydroxylation is 1. The van der Waals surface area contributed by atoms with Crippen LogP contribution in [0.2, 0.25) is 10.0 Å². The lowest BCUT2D eigenvalue weighted by Gasteiger charge is -2.27. The summed E-state index contributed by atoms with van der Waals surface area (Å²) >= 11 is 12.3. The average Bonchev–Trinajstić information content (AvgIpc) is 2.69. The number of urea groups is 1. The molecule has 0 saturated carbocycles. The Balaban J connectivity index is 2.07. The highest BCUT2D eigenvalue weighted by molar-refractivity contribution is 6.40. The van der Waals surface area contributed by atoms with E-state index in [2.05, 4.69) is 5.32 Å². The third kappa shape index (κ3) is 4.13. The van der Waals surface area contributed by atoms with Gasteiger partial charge in [0.25, 0.3) is 11.8 Å². The number of nitrogens with zero attached hydrogens (tertiary/aromatic N) is 1. The first-order valence-electron chi connectivity index (χ1n) is 8.94. The van der Waals surface area contributed by atoms with Crippen molar-refractivity contribution in [3.8, 4) is 11.5 Å². The summed E-state index contributed by atoms with van der Waals surface area (Å²) < 4.78 is 10.8. The van der Waals surface area contributed by atoms with Gasteiger partial charge in [-0.15, -0.1) is 0 Å². The van der Waals surface area contributed by atoms with E-state index in [0.29, 0.717) is 34.3 Å². The molecule has 0 atom stereocenters. The van der Waals surface area contributed by atoms with Crippen molar-refractivity contribution < 1.29 is 23.9 Å². The molecule has 1 fully saturated rings. The molecule has 1 heterocycles. The molecule has 7 nitrogen and oxygen atoms in total. The van der Waals surface area contributed by atoms with Gasteiger partial charge in [0, 0.05) is 5.02 Å². The molecule has 1 aliphatic rings. The summed E-state index contributed by atoms with van der Waals surface area (Å²) in [6.45, 7) is 3.91. The maximum absolute atomic E-state index is 13.1. The Bertz CT molecular complexity index is 1080. The maximum atomic E-state index is 13.1. The first kappa shape index (κ1) is 21.7. The number of anilines is 1. The second-order valence-electron chi connectivity index (χ2n) is 6.36. The molecule has 0 unspecified atom stereocenters. The largest absolute Gasteiger partial charge is 0.493 e. The van der Waals surface area contributed by atoms with Crippen LogP contribution in [-0.2, 0) is 9.59 Å². The molecule has 9 heteroatoms. The van der Waals surface area contributed by atoms with Crippen LogP contribution < -0.4 is 19.7 Å². The van der Waals surface area contributed by atoms with E-state index in [1.807, 2.05) is 0 Å². The molecule has 156 valence electrons. The van der Waals surface area contributed by atoms with Crippen molar-refractivity contribution in [2.75, 3.05) is 18.6 Å². The molecule has 1 aliphatic heterocycles. The van der Waals surface area contributed by atoms with Gasteiger partial charge in [-0.05, 0) is 55.3 Å². The molecule has 2 aromatic carbocycles. The predicted octanol–water partition coefficient (Wildman–Crippen LogP) is 4.38. The molecule has 2 aromatic rings. The first-order chi connectivity index (χ1) is 14.3. The van der Waals surface area contributed by atoms with Crippen LogP contribution >= 0.6 is 23.2 Å². The number of halogens is 2. The van der Waals surface area contributed by atoms with Crippen LogP contribution in [0.3, 0.4) is 0 Å². The molecular weight excluding hydrogens is 431 g/mol. The van der Waals surface area contributed by atoms with Gasteiger partial charge in [0.1, 0.15) is 5.57 Å². The summed E-state index contributed by atoms with van der Waals surface area (Å²) in [4.78, 5) is 38.7. The Morgan fingerprint density at radius 1 is 1.13 bits per heavy atom. The van der Waals surface area contributed by atoms with Crippen molar-refractivity contribution in [1.29, 1.82) is 0 Å². The fourth-order valence-corrected chi connectivity index (χ4v) is 3.41. The molecule has 1 saturated heterocycles. The Labute approximate surface area is 183 Å². The topological polar surface area (TPSA) is 84.9 Å². The molecule has 30 heavy (non-hydrogen) atoms. The van der Waals surface area contributed by atoms with E-state index in [4.69, 9.17) is 32.7 Å². The Kier molecular flexibility index (Phi) is 6.34. The van der Waals surface area contributed by atoms with Gasteiger partial charge in [0.2, 0.25) is 0 Å². The number of carbonyl (C=O) groups excluding carboxylic acids is 3. The summed E-state index contributed by atoms with van der Waals surface area (Å²) in [5.41, 5.74) is 1.11. The molecule has 4 amide bonds. The van der Waals surface area contributed by atoms with E-state index in [1.54, 1.807) is 32.0 Å². The van der Waals surface area contributed by atoms with Crippen molar-refractivity contribution in [1.82, 2.24) is 5.32 Å². The second kappa shape index (κ2) is 8.77. The number of rotatable bonds is 5. The van der Waals surface area contributed by atoms with Crippen molar-refractivity contribution in [3.05, 3.63) is 57.1 Å². The van der Waals surface area contributed by atoms with E-state index >= 15 is 0 Å². The van der Waals surface area contributed by atoms with E-state index < -0.39 is 17.8 Å². The smallest absolute Gasteiger partial charge is 0.335 e. The number of hydrogen-bond donors (Lipinski definition) is 1. The Hall–Kier alpha value is -3.03. The van der Waals surface area contributed by atoms with Gasteiger partial charge >= 0.3 is 6.03 Å². The zero-order chi connectivity index (χ0) is 22.0. The number of amides is 4. The Morgan fingerprint density at radius 2 is 1.87 bits per heavy atom. The third-order valence-corrected chi connectivity index (χ3v) is 4.88. The number of methoxy groups -OCH3 is 1. The molecule has 3 rings (SSSR count). The van der Waals surface area contributed by atoms with Gasteiger partial charge < -0.3 is 9.47 Å². The van der Waals surface area contributed by atoms with Gasteiger partial charge in [0.15, 0.2) is 11.5 Å². The van der Waals surface area contributed by atoms with Crippen LogP contribution in [0.1, 0.15) is 18.1 Å². The highest BCUT2D eigenvalue weighted by Gasteiger charge is 2.37.